The normalized spacial score (nSPS) is 16.1. The fraction of sp³-hybridized carbons (Fsp3) is 0.476. The number of nitrogens with one attached hydrogen (secondary N) is 1. The second-order valence-electron chi connectivity index (χ2n) is 7.42. The van der Waals surface area contributed by atoms with Crippen LogP contribution < -0.4 is 5.32 Å². The van der Waals surface area contributed by atoms with E-state index in [0.717, 1.165) is 42.9 Å². The number of nitrogens with zero attached hydrogens (tertiary/aromatic N) is 3. The van der Waals surface area contributed by atoms with E-state index in [1.807, 2.05) is 10.8 Å². The van der Waals surface area contributed by atoms with E-state index in [0.29, 0.717) is 5.92 Å². The molecular formula is C21H26N4OS. The molecule has 1 aromatic heterocycles. The van der Waals surface area contributed by atoms with Crippen LogP contribution in [-0.4, -0.2) is 26.8 Å². The van der Waals surface area contributed by atoms with Gasteiger partial charge in [-0.05, 0) is 36.5 Å². The number of hydrogen-bond acceptors (Lipinski definition) is 4. The maximum absolute atomic E-state index is 12.4. The average molecular weight is 383 g/mol. The molecule has 27 heavy (non-hydrogen) atoms. The van der Waals surface area contributed by atoms with Gasteiger partial charge in [0.1, 0.15) is 5.54 Å². The summed E-state index contributed by atoms with van der Waals surface area (Å²) in [5.41, 5.74) is 1.64. The topological polar surface area (TPSA) is 70.7 Å². The predicted molar refractivity (Wildman–Crippen MR) is 108 cm³/mol. The largest absolute Gasteiger partial charge is 0.337 e. The molecule has 1 fully saturated rings. The van der Waals surface area contributed by atoms with Gasteiger partial charge in [0.15, 0.2) is 5.16 Å². The Hall–Kier alpha value is -2.26. The first-order valence-electron chi connectivity index (χ1n) is 9.52. The Balaban J connectivity index is 1.63. The Morgan fingerprint density at radius 2 is 2.00 bits per heavy atom. The van der Waals surface area contributed by atoms with E-state index in [1.54, 1.807) is 6.20 Å². The highest BCUT2D eigenvalue weighted by molar-refractivity contribution is 7.99. The van der Waals surface area contributed by atoms with Crippen molar-refractivity contribution in [3.05, 3.63) is 42.2 Å². The van der Waals surface area contributed by atoms with E-state index in [2.05, 4.69) is 54.5 Å². The van der Waals surface area contributed by atoms with Gasteiger partial charge in [-0.15, -0.1) is 0 Å². The van der Waals surface area contributed by atoms with Gasteiger partial charge in [-0.25, -0.2) is 4.98 Å². The van der Waals surface area contributed by atoms with Gasteiger partial charge in [-0.2, -0.15) is 5.26 Å². The van der Waals surface area contributed by atoms with Crippen molar-refractivity contribution in [2.75, 3.05) is 5.75 Å². The summed E-state index contributed by atoms with van der Waals surface area (Å²) in [6.07, 6.45) is 8.28. The summed E-state index contributed by atoms with van der Waals surface area (Å²) >= 11 is 1.40. The van der Waals surface area contributed by atoms with E-state index in [9.17, 15) is 10.1 Å². The fourth-order valence-corrected chi connectivity index (χ4v) is 4.24. The molecule has 1 aliphatic carbocycles. The minimum absolute atomic E-state index is 0.104. The summed E-state index contributed by atoms with van der Waals surface area (Å²) in [6.45, 7) is 4.35. The number of carbonyl (C=O) groups excluding carboxylic acids is 1. The zero-order valence-electron chi connectivity index (χ0n) is 15.9. The second-order valence-corrected chi connectivity index (χ2v) is 8.36. The molecule has 0 bridgehead atoms. The lowest BCUT2D eigenvalue weighted by atomic mass is 9.83. The molecule has 5 nitrogen and oxygen atoms in total. The predicted octanol–water partition coefficient (Wildman–Crippen LogP) is 4.43. The quantitative estimate of drug-likeness (QED) is 0.750. The van der Waals surface area contributed by atoms with Crippen molar-refractivity contribution < 1.29 is 4.79 Å². The minimum atomic E-state index is -0.683. The molecule has 0 saturated heterocycles. The van der Waals surface area contributed by atoms with Gasteiger partial charge < -0.3 is 5.32 Å². The molecule has 1 aromatic carbocycles. The minimum Gasteiger partial charge on any atom is -0.337 e. The van der Waals surface area contributed by atoms with Gasteiger partial charge >= 0.3 is 0 Å². The van der Waals surface area contributed by atoms with Crippen molar-refractivity contribution in [2.24, 2.45) is 0 Å². The monoisotopic (exact) mass is 382 g/mol. The molecule has 1 amide bonds. The number of benzene rings is 1. The Kier molecular flexibility index (Phi) is 6.22. The molecule has 0 atom stereocenters. The zero-order chi connectivity index (χ0) is 19.3. The standard InChI is InChI=1S/C21H26N4OS/c1-16(2)17-6-8-18(9-7-17)25-13-12-23-20(25)27-14-19(26)24-21(15-22)10-4-3-5-11-21/h6-9,12-13,16H,3-5,10-11,14H2,1-2H3,(H,24,26). The van der Waals surface area contributed by atoms with E-state index in [4.69, 9.17) is 0 Å². The van der Waals surface area contributed by atoms with Crippen LogP contribution in [0.3, 0.4) is 0 Å². The van der Waals surface area contributed by atoms with Crippen LogP contribution in [0.1, 0.15) is 57.4 Å². The van der Waals surface area contributed by atoms with Crippen molar-refractivity contribution in [3.63, 3.8) is 0 Å². The van der Waals surface area contributed by atoms with Gasteiger partial charge in [0.25, 0.3) is 0 Å². The first-order chi connectivity index (χ1) is 13.0. The van der Waals surface area contributed by atoms with Gasteiger partial charge in [0.2, 0.25) is 5.91 Å². The summed E-state index contributed by atoms with van der Waals surface area (Å²) in [7, 11) is 0. The number of amides is 1. The third-order valence-electron chi connectivity index (χ3n) is 5.08. The molecule has 1 N–H and O–H groups in total. The molecule has 0 aliphatic heterocycles. The SMILES string of the molecule is CC(C)c1ccc(-n2ccnc2SCC(=O)NC2(C#N)CCCCC2)cc1. The average Bonchev–Trinajstić information content (AvgIpc) is 3.16. The smallest absolute Gasteiger partial charge is 0.231 e. The Labute approximate surface area is 165 Å². The molecule has 0 spiro atoms. The summed E-state index contributed by atoms with van der Waals surface area (Å²) < 4.78 is 1.99. The number of hydrogen-bond donors (Lipinski definition) is 1. The second kappa shape index (κ2) is 8.62. The number of aromatic nitrogens is 2. The van der Waals surface area contributed by atoms with Gasteiger partial charge in [-0.3, -0.25) is 9.36 Å². The van der Waals surface area contributed by atoms with Crippen LogP contribution in [0.25, 0.3) is 5.69 Å². The summed E-state index contributed by atoms with van der Waals surface area (Å²) in [5, 5.41) is 13.2. The molecule has 0 radical (unpaired) electrons. The van der Waals surface area contributed by atoms with Gasteiger partial charge in [0, 0.05) is 18.1 Å². The molecule has 3 rings (SSSR count). The third-order valence-corrected chi connectivity index (χ3v) is 6.04. The number of thioether (sulfide) groups is 1. The highest BCUT2D eigenvalue weighted by atomic mass is 32.2. The van der Waals surface area contributed by atoms with Crippen molar-refractivity contribution in [3.8, 4) is 11.8 Å². The Morgan fingerprint density at radius 3 is 2.63 bits per heavy atom. The summed E-state index contributed by atoms with van der Waals surface area (Å²) in [4.78, 5) is 16.8. The van der Waals surface area contributed by atoms with Crippen molar-refractivity contribution in [1.82, 2.24) is 14.9 Å². The maximum Gasteiger partial charge on any atom is 0.231 e. The van der Waals surface area contributed by atoms with Crippen molar-refractivity contribution >= 4 is 17.7 Å². The molecule has 1 saturated carbocycles. The van der Waals surface area contributed by atoms with Crippen LogP contribution in [0.4, 0.5) is 0 Å². The zero-order valence-corrected chi connectivity index (χ0v) is 16.8. The lowest BCUT2D eigenvalue weighted by Gasteiger charge is -2.31. The highest BCUT2D eigenvalue weighted by Gasteiger charge is 2.33. The van der Waals surface area contributed by atoms with Crippen LogP contribution in [0.5, 0.6) is 0 Å². The molecular weight excluding hydrogens is 356 g/mol. The number of imidazole rings is 1. The Bertz CT molecular complexity index is 813. The number of carbonyl (C=O) groups is 1. The first kappa shape index (κ1) is 19.5. The molecule has 2 aromatic rings. The fourth-order valence-electron chi connectivity index (χ4n) is 3.47. The van der Waals surface area contributed by atoms with E-state index in [-0.39, 0.29) is 11.7 Å². The van der Waals surface area contributed by atoms with Crippen molar-refractivity contribution in [2.45, 2.75) is 62.6 Å². The molecule has 6 heteroatoms. The number of rotatable bonds is 6. The maximum atomic E-state index is 12.4. The van der Waals surface area contributed by atoms with Gasteiger partial charge in [-0.1, -0.05) is 57.0 Å². The van der Waals surface area contributed by atoms with Crippen LogP contribution in [0.2, 0.25) is 0 Å². The molecule has 1 aliphatic rings. The Morgan fingerprint density at radius 1 is 1.30 bits per heavy atom. The summed E-state index contributed by atoms with van der Waals surface area (Å²) in [6, 6.07) is 10.7. The lowest BCUT2D eigenvalue weighted by Crippen LogP contribution is -2.49. The van der Waals surface area contributed by atoms with Gasteiger partial charge in [0.05, 0.1) is 11.8 Å². The first-order valence-corrected chi connectivity index (χ1v) is 10.5. The molecule has 142 valence electrons. The van der Waals surface area contributed by atoms with E-state index >= 15 is 0 Å². The van der Waals surface area contributed by atoms with E-state index < -0.39 is 5.54 Å². The molecule has 1 heterocycles. The third kappa shape index (κ3) is 4.72. The van der Waals surface area contributed by atoms with Crippen molar-refractivity contribution in [1.29, 1.82) is 5.26 Å². The van der Waals surface area contributed by atoms with Crippen LogP contribution in [-0.2, 0) is 4.79 Å². The molecule has 0 unspecified atom stereocenters. The van der Waals surface area contributed by atoms with Crippen LogP contribution >= 0.6 is 11.8 Å². The van der Waals surface area contributed by atoms with Crippen LogP contribution in [0, 0.1) is 11.3 Å². The lowest BCUT2D eigenvalue weighted by molar-refractivity contribution is -0.120. The summed E-state index contributed by atoms with van der Waals surface area (Å²) in [5.74, 6) is 0.643. The van der Waals surface area contributed by atoms with Crippen LogP contribution in [0.15, 0.2) is 41.8 Å². The van der Waals surface area contributed by atoms with E-state index in [1.165, 1.54) is 17.3 Å². The highest BCUT2D eigenvalue weighted by Crippen LogP contribution is 2.28. The number of nitriles is 1.